The third-order valence-electron chi connectivity index (χ3n) is 4.86. The summed E-state index contributed by atoms with van der Waals surface area (Å²) in [4.78, 5) is 0.160. The fourth-order valence-electron chi connectivity index (χ4n) is 3.21. The number of sulfonamides is 1. The van der Waals surface area contributed by atoms with E-state index in [1.807, 2.05) is 13.0 Å². The van der Waals surface area contributed by atoms with Crippen LogP contribution in [0.25, 0.3) is 0 Å². The number of rotatable bonds is 5. The molecule has 1 atom stereocenters. The first kappa shape index (κ1) is 17.3. The first-order valence-electron chi connectivity index (χ1n) is 7.91. The molecule has 24 heavy (non-hydrogen) atoms. The van der Waals surface area contributed by atoms with E-state index in [9.17, 15) is 13.5 Å². The molecule has 1 aliphatic rings. The minimum absolute atomic E-state index is 0.103. The number of phenols is 1. The molecule has 1 fully saturated rings. The van der Waals surface area contributed by atoms with Gasteiger partial charge in [0, 0.05) is 10.6 Å². The lowest BCUT2D eigenvalue weighted by atomic mass is 9.69. The highest BCUT2D eigenvalue weighted by atomic mass is 35.5. The number of halogens is 1. The zero-order chi connectivity index (χ0) is 17.4. The maximum atomic E-state index is 12.9. The third kappa shape index (κ3) is 3.16. The lowest BCUT2D eigenvalue weighted by Gasteiger charge is -2.43. The summed E-state index contributed by atoms with van der Waals surface area (Å²) >= 11 is 5.85. The van der Waals surface area contributed by atoms with Gasteiger partial charge in [0.1, 0.15) is 5.75 Å². The van der Waals surface area contributed by atoms with Gasteiger partial charge >= 0.3 is 0 Å². The molecule has 2 aromatic carbocycles. The van der Waals surface area contributed by atoms with E-state index in [4.69, 9.17) is 11.6 Å². The van der Waals surface area contributed by atoms with E-state index in [0.717, 1.165) is 19.3 Å². The van der Waals surface area contributed by atoms with Crippen molar-refractivity contribution in [2.75, 3.05) is 0 Å². The molecule has 1 unspecified atom stereocenters. The summed E-state index contributed by atoms with van der Waals surface area (Å²) < 4.78 is 28.5. The Morgan fingerprint density at radius 2 is 1.75 bits per heavy atom. The van der Waals surface area contributed by atoms with Crippen LogP contribution in [0.3, 0.4) is 0 Å². The van der Waals surface area contributed by atoms with Crippen LogP contribution in [0, 0.1) is 5.92 Å². The normalized spacial score (nSPS) is 17.9. The summed E-state index contributed by atoms with van der Waals surface area (Å²) in [6, 6.07) is 13.0. The van der Waals surface area contributed by atoms with Gasteiger partial charge in [0.15, 0.2) is 0 Å². The molecule has 6 heteroatoms. The summed E-state index contributed by atoms with van der Waals surface area (Å²) in [7, 11) is -3.74. The second-order valence-corrected chi connectivity index (χ2v) is 8.53. The van der Waals surface area contributed by atoms with E-state index >= 15 is 0 Å². The second kappa shape index (κ2) is 6.39. The largest absolute Gasteiger partial charge is 0.508 e. The molecule has 0 amide bonds. The fourth-order valence-corrected chi connectivity index (χ4v) is 4.78. The van der Waals surface area contributed by atoms with Crippen LogP contribution in [0.5, 0.6) is 5.75 Å². The summed E-state index contributed by atoms with van der Waals surface area (Å²) in [5.74, 6) is 0.249. The van der Waals surface area contributed by atoms with Crippen LogP contribution < -0.4 is 4.72 Å². The Hall–Kier alpha value is -1.56. The van der Waals surface area contributed by atoms with Gasteiger partial charge in [-0.15, -0.1) is 0 Å². The van der Waals surface area contributed by atoms with E-state index in [2.05, 4.69) is 4.72 Å². The van der Waals surface area contributed by atoms with Crippen molar-refractivity contribution < 1.29 is 13.5 Å². The summed E-state index contributed by atoms with van der Waals surface area (Å²) in [6.07, 6.45) is 2.92. The highest BCUT2D eigenvalue weighted by Crippen LogP contribution is 2.45. The van der Waals surface area contributed by atoms with E-state index < -0.39 is 15.6 Å². The van der Waals surface area contributed by atoms with Gasteiger partial charge in [-0.1, -0.05) is 36.2 Å². The van der Waals surface area contributed by atoms with E-state index in [0.29, 0.717) is 10.6 Å². The van der Waals surface area contributed by atoms with Gasteiger partial charge in [0.05, 0.1) is 10.4 Å². The monoisotopic (exact) mass is 365 g/mol. The SMILES string of the molecule is CC(NS(=O)(=O)c1ccc(Cl)cc1)(c1ccccc1O)C1CCC1. The molecule has 128 valence electrons. The van der Waals surface area contributed by atoms with Crippen molar-refractivity contribution in [2.24, 2.45) is 5.92 Å². The van der Waals surface area contributed by atoms with Crippen molar-refractivity contribution in [1.29, 1.82) is 0 Å². The molecule has 1 saturated carbocycles. The molecule has 4 nitrogen and oxygen atoms in total. The molecule has 0 aromatic heterocycles. The summed E-state index contributed by atoms with van der Waals surface area (Å²) in [6.45, 7) is 1.85. The predicted molar refractivity (Wildman–Crippen MR) is 94.6 cm³/mol. The fraction of sp³-hybridized carbons (Fsp3) is 0.333. The Morgan fingerprint density at radius 3 is 2.29 bits per heavy atom. The molecule has 2 aromatic rings. The van der Waals surface area contributed by atoms with Crippen LogP contribution in [0.2, 0.25) is 5.02 Å². The van der Waals surface area contributed by atoms with Gasteiger partial charge in [0.25, 0.3) is 0 Å². The van der Waals surface area contributed by atoms with Crippen LogP contribution in [-0.4, -0.2) is 13.5 Å². The molecule has 0 aliphatic heterocycles. The van der Waals surface area contributed by atoms with Crippen molar-refractivity contribution in [3.63, 3.8) is 0 Å². The van der Waals surface area contributed by atoms with Gasteiger partial charge in [-0.3, -0.25) is 0 Å². The molecule has 3 rings (SSSR count). The van der Waals surface area contributed by atoms with Crippen molar-refractivity contribution >= 4 is 21.6 Å². The van der Waals surface area contributed by atoms with Crippen LogP contribution >= 0.6 is 11.6 Å². The van der Waals surface area contributed by atoms with Crippen LogP contribution in [-0.2, 0) is 15.6 Å². The topological polar surface area (TPSA) is 66.4 Å². The number of hydrogen-bond donors (Lipinski definition) is 2. The summed E-state index contributed by atoms with van der Waals surface area (Å²) in [5, 5.41) is 10.7. The maximum absolute atomic E-state index is 12.9. The molecule has 2 N–H and O–H groups in total. The molecule has 0 bridgehead atoms. The standard InChI is InChI=1S/C18H20ClNO3S/c1-18(13-5-4-6-13,16-7-2-3-8-17(16)21)20-24(22,23)15-11-9-14(19)10-12-15/h2-3,7-13,20-21H,4-6H2,1H3. The van der Waals surface area contributed by atoms with Crippen LogP contribution in [0.1, 0.15) is 31.7 Å². The molecule has 1 aliphatic carbocycles. The molecule has 0 radical (unpaired) electrons. The summed E-state index contributed by atoms with van der Waals surface area (Å²) in [5.41, 5.74) is -0.255. The average Bonchev–Trinajstić information content (AvgIpc) is 2.45. The quantitative estimate of drug-likeness (QED) is 0.840. The molecule has 0 spiro atoms. The maximum Gasteiger partial charge on any atom is 0.241 e. The molecular formula is C18H20ClNO3S. The van der Waals surface area contributed by atoms with Crippen molar-refractivity contribution in [1.82, 2.24) is 4.72 Å². The minimum Gasteiger partial charge on any atom is -0.508 e. The Labute approximate surface area is 147 Å². The Kier molecular flexibility index (Phi) is 4.60. The second-order valence-electron chi connectivity index (χ2n) is 6.41. The number of hydrogen-bond acceptors (Lipinski definition) is 3. The van der Waals surface area contributed by atoms with E-state index in [-0.39, 0.29) is 16.6 Å². The van der Waals surface area contributed by atoms with Crippen LogP contribution in [0.4, 0.5) is 0 Å². The Balaban J connectivity index is 2.01. The number of phenolic OH excluding ortho intramolecular Hbond substituents is 1. The van der Waals surface area contributed by atoms with E-state index in [1.54, 1.807) is 30.3 Å². The van der Waals surface area contributed by atoms with Gasteiger partial charge in [0.2, 0.25) is 10.0 Å². The van der Waals surface area contributed by atoms with Gasteiger partial charge in [-0.05, 0) is 56.0 Å². The van der Waals surface area contributed by atoms with Gasteiger partial charge in [-0.25, -0.2) is 13.1 Å². The van der Waals surface area contributed by atoms with E-state index in [1.165, 1.54) is 12.1 Å². The first-order chi connectivity index (χ1) is 11.3. The molecule has 0 heterocycles. The van der Waals surface area contributed by atoms with Crippen molar-refractivity contribution in [3.05, 3.63) is 59.1 Å². The Morgan fingerprint density at radius 1 is 1.12 bits per heavy atom. The highest BCUT2D eigenvalue weighted by molar-refractivity contribution is 7.89. The Bertz CT molecular complexity index is 832. The lowest BCUT2D eigenvalue weighted by molar-refractivity contribution is 0.162. The number of benzene rings is 2. The first-order valence-corrected chi connectivity index (χ1v) is 9.77. The minimum atomic E-state index is -3.74. The van der Waals surface area contributed by atoms with Crippen molar-refractivity contribution in [2.45, 2.75) is 36.6 Å². The smallest absolute Gasteiger partial charge is 0.241 e. The van der Waals surface area contributed by atoms with Crippen molar-refractivity contribution in [3.8, 4) is 5.75 Å². The highest BCUT2D eigenvalue weighted by Gasteiger charge is 2.43. The van der Waals surface area contributed by atoms with Gasteiger partial charge < -0.3 is 5.11 Å². The predicted octanol–water partition coefficient (Wildman–Crippen LogP) is 4.04. The van der Waals surface area contributed by atoms with Crippen LogP contribution in [0.15, 0.2) is 53.4 Å². The lowest BCUT2D eigenvalue weighted by Crippen LogP contribution is -2.51. The zero-order valence-electron chi connectivity index (χ0n) is 13.4. The van der Waals surface area contributed by atoms with Gasteiger partial charge in [-0.2, -0.15) is 0 Å². The number of nitrogens with one attached hydrogen (secondary N) is 1. The average molecular weight is 366 g/mol. The third-order valence-corrected chi connectivity index (χ3v) is 6.69. The number of aromatic hydroxyl groups is 1. The molecular weight excluding hydrogens is 346 g/mol. The zero-order valence-corrected chi connectivity index (χ0v) is 14.9. The molecule has 0 saturated heterocycles. The number of para-hydroxylation sites is 1.